The fourth-order valence-electron chi connectivity index (χ4n) is 2.57. The SMILES string of the molecule is CCC(C)C(C)Nc1ccc(N2CCCC2)c(F)c1. The van der Waals surface area contributed by atoms with E-state index >= 15 is 0 Å². The average Bonchev–Trinajstić information content (AvgIpc) is 2.91. The minimum atomic E-state index is -0.108. The Morgan fingerprint density at radius 2 is 1.95 bits per heavy atom. The molecule has 1 heterocycles. The van der Waals surface area contributed by atoms with Gasteiger partial charge in [-0.3, -0.25) is 0 Å². The number of benzene rings is 1. The van der Waals surface area contributed by atoms with Gasteiger partial charge in [-0.15, -0.1) is 0 Å². The minimum absolute atomic E-state index is 0.108. The lowest BCUT2D eigenvalue weighted by molar-refractivity contribution is 0.494. The third-order valence-electron chi connectivity index (χ3n) is 4.29. The molecule has 2 unspecified atom stereocenters. The molecule has 2 atom stereocenters. The lowest BCUT2D eigenvalue weighted by Crippen LogP contribution is -2.23. The van der Waals surface area contributed by atoms with Crippen molar-refractivity contribution in [1.82, 2.24) is 0 Å². The van der Waals surface area contributed by atoms with Crippen LogP contribution < -0.4 is 10.2 Å². The quantitative estimate of drug-likeness (QED) is 0.854. The maximum absolute atomic E-state index is 14.2. The average molecular weight is 264 g/mol. The molecule has 106 valence electrons. The van der Waals surface area contributed by atoms with Crippen molar-refractivity contribution < 1.29 is 4.39 Å². The zero-order valence-corrected chi connectivity index (χ0v) is 12.2. The Kier molecular flexibility index (Phi) is 4.67. The number of anilines is 2. The van der Waals surface area contributed by atoms with Gasteiger partial charge < -0.3 is 10.2 Å². The van der Waals surface area contributed by atoms with Gasteiger partial charge in [0.2, 0.25) is 0 Å². The standard InChI is InChI=1S/C16H25FN2/c1-4-12(2)13(3)18-14-7-8-16(15(17)11-14)19-9-5-6-10-19/h7-8,11-13,18H,4-6,9-10H2,1-3H3. The van der Waals surface area contributed by atoms with E-state index in [1.165, 1.54) is 12.8 Å². The first-order chi connectivity index (χ1) is 9.11. The zero-order chi connectivity index (χ0) is 13.8. The smallest absolute Gasteiger partial charge is 0.148 e. The predicted octanol–water partition coefficient (Wildman–Crippen LogP) is 4.27. The van der Waals surface area contributed by atoms with Crippen LogP contribution in [0.3, 0.4) is 0 Å². The summed E-state index contributed by atoms with van der Waals surface area (Å²) in [6, 6.07) is 5.90. The highest BCUT2D eigenvalue weighted by Gasteiger charge is 2.17. The summed E-state index contributed by atoms with van der Waals surface area (Å²) < 4.78 is 14.2. The van der Waals surface area contributed by atoms with Gasteiger partial charge in [-0.2, -0.15) is 0 Å². The fraction of sp³-hybridized carbons (Fsp3) is 0.625. The Balaban J connectivity index is 2.06. The van der Waals surface area contributed by atoms with E-state index in [2.05, 4.69) is 31.0 Å². The largest absolute Gasteiger partial charge is 0.382 e. The van der Waals surface area contributed by atoms with E-state index < -0.39 is 0 Å². The first-order valence-corrected chi connectivity index (χ1v) is 7.43. The maximum atomic E-state index is 14.2. The molecule has 0 bridgehead atoms. The van der Waals surface area contributed by atoms with E-state index in [-0.39, 0.29) is 5.82 Å². The van der Waals surface area contributed by atoms with Crippen molar-refractivity contribution in [3.05, 3.63) is 24.0 Å². The molecule has 0 aliphatic carbocycles. The number of nitrogens with one attached hydrogen (secondary N) is 1. The molecule has 0 amide bonds. The Morgan fingerprint density at radius 3 is 2.53 bits per heavy atom. The van der Waals surface area contributed by atoms with Crippen LogP contribution >= 0.6 is 0 Å². The van der Waals surface area contributed by atoms with Crippen LogP contribution in [0.4, 0.5) is 15.8 Å². The van der Waals surface area contributed by atoms with Crippen molar-refractivity contribution in [2.45, 2.75) is 46.1 Å². The fourth-order valence-corrected chi connectivity index (χ4v) is 2.57. The van der Waals surface area contributed by atoms with Crippen LogP contribution in [0.25, 0.3) is 0 Å². The second-order valence-corrected chi connectivity index (χ2v) is 5.68. The van der Waals surface area contributed by atoms with Crippen LogP contribution in [0.5, 0.6) is 0 Å². The summed E-state index contributed by atoms with van der Waals surface area (Å²) in [7, 11) is 0. The summed E-state index contributed by atoms with van der Waals surface area (Å²) in [4.78, 5) is 2.14. The normalized spacial score (nSPS) is 18.4. The molecule has 0 saturated carbocycles. The third kappa shape index (κ3) is 3.40. The Bertz CT molecular complexity index is 413. The van der Waals surface area contributed by atoms with Gasteiger partial charge in [0, 0.05) is 24.8 Å². The number of hydrogen-bond donors (Lipinski definition) is 1. The van der Waals surface area contributed by atoms with Crippen LogP contribution in [0.1, 0.15) is 40.0 Å². The molecule has 0 aromatic heterocycles. The number of rotatable bonds is 5. The van der Waals surface area contributed by atoms with Crippen molar-refractivity contribution in [2.75, 3.05) is 23.3 Å². The molecule has 1 aromatic carbocycles. The van der Waals surface area contributed by atoms with E-state index in [0.29, 0.717) is 12.0 Å². The highest BCUT2D eigenvalue weighted by atomic mass is 19.1. The Morgan fingerprint density at radius 1 is 1.26 bits per heavy atom. The Hall–Kier alpha value is -1.25. The van der Waals surface area contributed by atoms with Crippen LogP contribution in [-0.4, -0.2) is 19.1 Å². The van der Waals surface area contributed by atoms with Crippen LogP contribution in [-0.2, 0) is 0 Å². The van der Waals surface area contributed by atoms with Gasteiger partial charge in [-0.25, -0.2) is 4.39 Å². The molecular weight excluding hydrogens is 239 g/mol. The van der Waals surface area contributed by atoms with Crippen LogP contribution in [0.2, 0.25) is 0 Å². The summed E-state index contributed by atoms with van der Waals surface area (Å²) in [5.74, 6) is 0.476. The molecule has 0 radical (unpaired) electrons. The van der Waals surface area contributed by atoms with Gasteiger partial charge in [0.1, 0.15) is 5.82 Å². The summed E-state index contributed by atoms with van der Waals surface area (Å²) in [6.07, 6.45) is 3.47. The van der Waals surface area contributed by atoms with E-state index in [4.69, 9.17) is 0 Å². The lowest BCUT2D eigenvalue weighted by atomic mass is 10.0. The molecule has 1 aromatic rings. The molecule has 3 heteroatoms. The molecule has 0 spiro atoms. The highest BCUT2D eigenvalue weighted by Crippen LogP contribution is 2.26. The molecular formula is C16H25FN2. The number of nitrogens with zero attached hydrogens (tertiary/aromatic N) is 1. The third-order valence-corrected chi connectivity index (χ3v) is 4.29. The van der Waals surface area contributed by atoms with Crippen LogP contribution in [0.15, 0.2) is 18.2 Å². The van der Waals surface area contributed by atoms with Crippen molar-refractivity contribution >= 4 is 11.4 Å². The Labute approximate surface area is 116 Å². The van der Waals surface area contributed by atoms with E-state index in [9.17, 15) is 4.39 Å². The zero-order valence-electron chi connectivity index (χ0n) is 12.2. The van der Waals surface area contributed by atoms with E-state index in [0.717, 1.165) is 30.9 Å². The number of halogens is 1. The lowest BCUT2D eigenvalue weighted by Gasteiger charge is -2.23. The molecule has 1 saturated heterocycles. The van der Waals surface area contributed by atoms with Gasteiger partial charge in [0.25, 0.3) is 0 Å². The molecule has 1 aliphatic rings. The van der Waals surface area contributed by atoms with Gasteiger partial charge in [-0.05, 0) is 43.9 Å². The summed E-state index contributed by atoms with van der Waals surface area (Å²) in [6.45, 7) is 8.51. The second kappa shape index (κ2) is 6.27. The van der Waals surface area contributed by atoms with E-state index in [1.54, 1.807) is 6.07 Å². The molecule has 2 nitrogen and oxygen atoms in total. The van der Waals surface area contributed by atoms with Crippen LogP contribution in [0, 0.1) is 11.7 Å². The van der Waals surface area contributed by atoms with Crippen molar-refractivity contribution in [3.63, 3.8) is 0 Å². The second-order valence-electron chi connectivity index (χ2n) is 5.68. The van der Waals surface area contributed by atoms with Crippen molar-refractivity contribution in [3.8, 4) is 0 Å². The number of hydrogen-bond acceptors (Lipinski definition) is 2. The summed E-state index contributed by atoms with van der Waals surface area (Å²) >= 11 is 0. The van der Waals surface area contributed by atoms with E-state index in [1.807, 2.05) is 12.1 Å². The van der Waals surface area contributed by atoms with Gasteiger partial charge in [0.15, 0.2) is 0 Å². The van der Waals surface area contributed by atoms with Gasteiger partial charge >= 0.3 is 0 Å². The molecule has 2 rings (SSSR count). The molecule has 1 N–H and O–H groups in total. The first-order valence-electron chi connectivity index (χ1n) is 7.43. The van der Waals surface area contributed by atoms with Gasteiger partial charge in [0.05, 0.1) is 5.69 Å². The first kappa shape index (κ1) is 14.2. The molecule has 1 fully saturated rings. The topological polar surface area (TPSA) is 15.3 Å². The highest BCUT2D eigenvalue weighted by molar-refractivity contribution is 5.57. The van der Waals surface area contributed by atoms with Crippen molar-refractivity contribution in [2.24, 2.45) is 5.92 Å². The molecule has 1 aliphatic heterocycles. The predicted molar refractivity (Wildman–Crippen MR) is 80.4 cm³/mol. The minimum Gasteiger partial charge on any atom is -0.382 e. The van der Waals surface area contributed by atoms with Crippen molar-refractivity contribution in [1.29, 1.82) is 0 Å². The molecule has 19 heavy (non-hydrogen) atoms. The van der Waals surface area contributed by atoms with Gasteiger partial charge in [-0.1, -0.05) is 20.3 Å². The summed E-state index contributed by atoms with van der Waals surface area (Å²) in [5, 5.41) is 3.39. The summed E-state index contributed by atoms with van der Waals surface area (Å²) in [5.41, 5.74) is 1.63. The monoisotopic (exact) mass is 264 g/mol. The maximum Gasteiger partial charge on any atom is 0.148 e.